The van der Waals surface area contributed by atoms with Crippen LogP contribution in [0.4, 0.5) is 0 Å². The van der Waals surface area contributed by atoms with Gasteiger partial charge in [0, 0.05) is 5.02 Å². The lowest BCUT2D eigenvalue weighted by Gasteiger charge is -2.01. The lowest BCUT2D eigenvalue weighted by molar-refractivity contribution is 0.657. The van der Waals surface area contributed by atoms with Gasteiger partial charge in [-0.2, -0.15) is 0 Å². The summed E-state index contributed by atoms with van der Waals surface area (Å²) in [4.78, 5) is 0. The van der Waals surface area contributed by atoms with Gasteiger partial charge in [0.1, 0.15) is 0 Å². The molecule has 0 nitrogen and oxygen atoms in total. The van der Waals surface area contributed by atoms with Gasteiger partial charge in [-0.05, 0) is 37.0 Å². The number of hydrogen-bond acceptors (Lipinski definition) is 0. The van der Waals surface area contributed by atoms with Gasteiger partial charge in [-0.15, -0.1) is 0 Å². The van der Waals surface area contributed by atoms with Crippen molar-refractivity contribution < 1.29 is 0 Å². The SMILES string of the molecule is CCCCCC[CH]Cc1ccc(Cl)cc1. The zero-order valence-corrected chi connectivity index (χ0v) is 10.3. The Hall–Kier alpha value is -0.490. The van der Waals surface area contributed by atoms with Crippen molar-refractivity contribution in [3.63, 3.8) is 0 Å². The number of hydrogen-bond donors (Lipinski definition) is 0. The van der Waals surface area contributed by atoms with Gasteiger partial charge < -0.3 is 0 Å². The van der Waals surface area contributed by atoms with E-state index >= 15 is 0 Å². The highest BCUT2D eigenvalue weighted by atomic mass is 35.5. The molecule has 1 radical (unpaired) electrons. The van der Waals surface area contributed by atoms with Crippen LogP contribution in [-0.2, 0) is 6.42 Å². The van der Waals surface area contributed by atoms with Gasteiger partial charge in [-0.3, -0.25) is 0 Å². The molecule has 0 aliphatic rings. The molecule has 0 N–H and O–H groups in total. The predicted molar refractivity (Wildman–Crippen MR) is 68.2 cm³/mol. The van der Waals surface area contributed by atoms with Crippen molar-refractivity contribution >= 4 is 11.6 Å². The molecule has 1 heteroatoms. The summed E-state index contributed by atoms with van der Waals surface area (Å²) in [6.45, 7) is 2.25. The van der Waals surface area contributed by atoms with Gasteiger partial charge in [-0.1, -0.05) is 56.3 Å². The van der Waals surface area contributed by atoms with Crippen LogP contribution in [0, 0.1) is 6.42 Å². The first-order valence-corrected chi connectivity index (χ1v) is 6.27. The van der Waals surface area contributed by atoms with Crippen LogP contribution in [0.25, 0.3) is 0 Å². The Bertz CT molecular complexity index is 251. The monoisotopic (exact) mass is 223 g/mol. The normalized spacial score (nSPS) is 10.5. The maximum absolute atomic E-state index is 5.82. The minimum Gasteiger partial charge on any atom is -0.0843 e. The predicted octanol–water partition coefficient (Wildman–Crippen LogP) is 5.06. The second-order valence-electron chi connectivity index (χ2n) is 3.97. The second kappa shape index (κ2) is 7.76. The van der Waals surface area contributed by atoms with E-state index in [4.69, 9.17) is 11.6 Å². The van der Waals surface area contributed by atoms with Crippen LogP contribution in [-0.4, -0.2) is 0 Å². The highest BCUT2D eigenvalue weighted by Crippen LogP contribution is 2.12. The summed E-state index contributed by atoms with van der Waals surface area (Å²) in [5, 5.41) is 0.821. The van der Waals surface area contributed by atoms with Gasteiger partial charge in [0.05, 0.1) is 0 Å². The Labute approximate surface area is 98.7 Å². The molecule has 0 saturated heterocycles. The number of halogens is 1. The van der Waals surface area contributed by atoms with Crippen LogP contribution >= 0.6 is 11.6 Å². The van der Waals surface area contributed by atoms with Crippen LogP contribution in [0.15, 0.2) is 24.3 Å². The first kappa shape index (κ1) is 12.6. The van der Waals surface area contributed by atoms with E-state index < -0.39 is 0 Å². The van der Waals surface area contributed by atoms with E-state index in [2.05, 4.69) is 25.5 Å². The van der Waals surface area contributed by atoms with Gasteiger partial charge in [0.25, 0.3) is 0 Å². The summed E-state index contributed by atoms with van der Waals surface area (Å²) in [7, 11) is 0. The molecule has 0 aliphatic carbocycles. The molecule has 0 aromatic heterocycles. The van der Waals surface area contributed by atoms with Crippen molar-refractivity contribution in [3.8, 4) is 0 Å². The van der Waals surface area contributed by atoms with E-state index in [1.807, 2.05) is 12.1 Å². The van der Waals surface area contributed by atoms with Gasteiger partial charge in [0.15, 0.2) is 0 Å². The summed E-state index contributed by atoms with van der Waals surface area (Å²) in [5.41, 5.74) is 1.36. The lowest BCUT2D eigenvalue weighted by atomic mass is 10.1. The third-order valence-corrected chi connectivity index (χ3v) is 2.81. The molecule has 0 atom stereocenters. The molecule has 0 amide bonds. The Morgan fingerprint density at radius 2 is 1.80 bits per heavy atom. The fourth-order valence-corrected chi connectivity index (χ4v) is 1.73. The molecule has 0 spiro atoms. The zero-order chi connectivity index (χ0) is 10.9. The number of unbranched alkanes of at least 4 members (excludes halogenated alkanes) is 5. The van der Waals surface area contributed by atoms with Crippen molar-refractivity contribution in [1.82, 2.24) is 0 Å². The molecule has 0 unspecified atom stereocenters. The largest absolute Gasteiger partial charge is 0.0843 e. The van der Waals surface area contributed by atoms with E-state index in [9.17, 15) is 0 Å². The average molecular weight is 224 g/mol. The van der Waals surface area contributed by atoms with Crippen molar-refractivity contribution in [2.24, 2.45) is 0 Å². The van der Waals surface area contributed by atoms with Crippen LogP contribution in [0.3, 0.4) is 0 Å². The zero-order valence-electron chi connectivity index (χ0n) is 9.51. The van der Waals surface area contributed by atoms with Crippen LogP contribution in [0.5, 0.6) is 0 Å². The van der Waals surface area contributed by atoms with Crippen LogP contribution in [0.2, 0.25) is 5.02 Å². The second-order valence-corrected chi connectivity index (χ2v) is 4.41. The van der Waals surface area contributed by atoms with E-state index in [0.717, 1.165) is 11.4 Å². The summed E-state index contributed by atoms with van der Waals surface area (Å²) >= 11 is 5.82. The van der Waals surface area contributed by atoms with Gasteiger partial charge >= 0.3 is 0 Å². The molecule has 1 aromatic rings. The summed E-state index contributed by atoms with van der Waals surface area (Å²) in [6.07, 6.45) is 10.1. The minimum atomic E-state index is 0.821. The first-order valence-electron chi connectivity index (χ1n) is 5.89. The number of benzene rings is 1. The molecular weight excluding hydrogens is 204 g/mol. The van der Waals surface area contributed by atoms with Gasteiger partial charge in [0.2, 0.25) is 0 Å². The van der Waals surface area contributed by atoms with Crippen molar-refractivity contribution in [2.75, 3.05) is 0 Å². The van der Waals surface area contributed by atoms with E-state index in [1.54, 1.807) is 0 Å². The standard InChI is InChI=1S/C14H20Cl/c1-2-3-4-5-6-7-8-13-9-11-14(15)12-10-13/h7,9-12H,2-6,8H2,1H3. The molecule has 83 valence electrons. The van der Waals surface area contributed by atoms with E-state index in [0.29, 0.717) is 0 Å². The third kappa shape index (κ3) is 5.84. The van der Waals surface area contributed by atoms with E-state index in [1.165, 1.54) is 37.7 Å². The minimum absolute atomic E-state index is 0.821. The molecule has 0 heterocycles. The Morgan fingerprint density at radius 1 is 1.07 bits per heavy atom. The molecule has 0 bridgehead atoms. The topological polar surface area (TPSA) is 0 Å². The quantitative estimate of drug-likeness (QED) is 0.567. The van der Waals surface area contributed by atoms with Crippen molar-refractivity contribution in [1.29, 1.82) is 0 Å². The molecular formula is C14H20Cl. The molecule has 15 heavy (non-hydrogen) atoms. The van der Waals surface area contributed by atoms with Crippen molar-refractivity contribution in [2.45, 2.75) is 45.4 Å². The molecule has 1 aromatic carbocycles. The summed E-state index contributed by atoms with van der Waals surface area (Å²) in [5.74, 6) is 0. The summed E-state index contributed by atoms with van der Waals surface area (Å²) < 4.78 is 0. The maximum Gasteiger partial charge on any atom is 0.0406 e. The highest BCUT2D eigenvalue weighted by molar-refractivity contribution is 6.30. The van der Waals surface area contributed by atoms with Gasteiger partial charge in [-0.25, -0.2) is 0 Å². The maximum atomic E-state index is 5.82. The average Bonchev–Trinajstić information content (AvgIpc) is 2.26. The Morgan fingerprint density at radius 3 is 2.47 bits per heavy atom. The Kier molecular flexibility index (Phi) is 6.50. The summed E-state index contributed by atoms with van der Waals surface area (Å²) in [6, 6.07) is 8.12. The van der Waals surface area contributed by atoms with E-state index in [-0.39, 0.29) is 0 Å². The first-order chi connectivity index (χ1) is 7.33. The fourth-order valence-electron chi connectivity index (χ4n) is 1.60. The fraction of sp³-hybridized carbons (Fsp3) is 0.500. The third-order valence-electron chi connectivity index (χ3n) is 2.56. The van der Waals surface area contributed by atoms with Crippen molar-refractivity contribution in [3.05, 3.63) is 41.3 Å². The Balaban J connectivity index is 2.07. The lowest BCUT2D eigenvalue weighted by Crippen LogP contribution is -1.86. The molecule has 1 rings (SSSR count). The van der Waals surface area contributed by atoms with Crippen LogP contribution in [0.1, 0.15) is 44.6 Å². The van der Waals surface area contributed by atoms with Crippen LogP contribution < -0.4 is 0 Å². The highest BCUT2D eigenvalue weighted by Gasteiger charge is 1.94. The smallest absolute Gasteiger partial charge is 0.0406 e. The molecule has 0 saturated carbocycles. The number of rotatable bonds is 7. The molecule has 0 fully saturated rings. The molecule has 0 aliphatic heterocycles.